The molecule has 0 aliphatic carbocycles. The van der Waals surface area contributed by atoms with E-state index in [1.165, 1.54) is 0 Å². The van der Waals surface area contributed by atoms with Gasteiger partial charge in [0, 0.05) is 30.6 Å². The molecule has 0 amide bonds. The third-order valence-corrected chi connectivity index (χ3v) is 1.35. The summed E-state index contributed by atoms with van der Waals surface area (Å²) in [6.45, 7) is 0.709. The Morgan fingerprint density at radius 1 is 1.73 bits per heavy atom. The van der Waals surface area contributed by atoms with Gasteiger partial charge in [-0.3, -0.25) is 4.98 Å². The zero-order valence-corrected chi connectivity index (χ0v) is 6.37. The molecule has 3 N–H and O–H groups in total. The maximum absolute atomic E-state index is 5.03. The molecule has 0 saturated heterocycles. The molecule has 1 aromatic heterocycles. The van der Waals surface area contributed by atoms with Crippen LogP contribution in [0.2, 0.25) is 0 Å². The Kier molecular flexibility index (Phi) is 2.83. The highest BCUT2D eigenvalue weighted by molar-refractivity contribution is 5.29. The van der Waals surface area contributed by atoms with Gasteiger partial charge in [0.2, 0.25) is 0 Å². The highest BCUT2D eigenvalue weighted by atomic mass is 16.6. The van der Waals surface area contributed by atoms with Crippen molar-refractivity contribution < 1.29 is 4.84 Å². The summed E-state index contributed by atoms with van der Waals surface area (Å²) in [6.07, 6.45) is 3.36. The summed E-state index contributed by atoms with van der Waals surface area (Å²) in [7, 11) is 1.85. The van der Waals surface area contributed by atoms with Gasteiger partial charge in [0.15, 0.2) is 5.75 Å². The molecule has 0 atom stereocenters. The Morgan fingerprint density at radius 2 is 2.55 bits per heavy atom. The summed E-state index contributed by atoms with van der Waals surface area (Å²) < 4.78 is 0. The number of nitrogens with zero attached hydrogens (tertiary/aromatic N) is 1. The lowest BCUT2D eigenvalue weighted by molar-refractivity contribution is 0.329. The summed E-state index contributed by atoms with van der Waals surface area (Å²) in [5.41, 5.74) is 0.956. The van der Waals surface area contributed by atoms with E-state index in [1.54, 1.807) is 18.5 Å². The summed E-state index contributed by atoms with van der Waals surface area (Å²) >= 11 is 0. The van der Waals surface area contributed by atoms with E-state index in [0.29, 0.717) is 12.3 Å². The second kappa shape index (κ2) is 3.90. The highest BCUT2D eigenvalue weighted by Crippen LogP contribution is 2.13. The first-order chi connectivity index (χ1) is 5.38. The van der Waals surface area contributed by atoms with Crippen LogP contribution in [0.3, 0.4) is 0 Å². The molecule has 4 nitrogen and oxygen atoms in total. The van der Waals surface area contributed by atoms with Crippen LogP contribution in [0.5, 0.6) is 5.75 Å². The van der Waals surface area contributed by atoms with Crippen LogP contribution in [-0.4, -0.2) is 12.0 Å². The van der Waals surface area contributed by atoms with Gasteiger partial charge in [-0.25, -0.2) is 0 Å². The van der Waals surface area contributed by atoms with Gasteiger partial charge in [-0.1, -0.05) is 0 Å². The molecular formula is C7H11N3O. The third kappa shape index (κ3) is 1.89. The van der Waals surface area contributed by atoms with Crippen LogP contribution < -0.4 is 16.1 Å². The lowest BCUT2D eigenvalue weighted by atomic mass is 10.2. The van der Waals surface area contributed by atoms with Crippen LogP contribution in [0.15, 0.2) is 18.5 Å². The number of aromatic nitrogens is 1. The van der Waals surface area contributed by atoms with Crippen LogP contribution in [0.4, 0.5) is 0 Å². The molecule has 0 bridgehead atoms. The van der Waals surface area contributed by atoms with Gasteiger partial charge in [-0.2, -0.15) is 5.90 Å². The van der Waals surface area contributed by atoms with Crippen molar-refractivity contribution in [2.45, 2.75) is 6.54 Å². The summed E-state index contributed by atoms with van der Waals surface area (Å²) in [5.74, 6) is 5.69. The summed E-state index contributed by atoms with van der Waals surface area (Å²) in [4.78, 5) is 8.55. The van der Waals surface area contributed by atoms with Crippen molar-refractivity contribution in [1.82, 2.24) is 10.3 Å². The van der Waals surface area contributed by atoms with Gasteiger partial charge in [0.05, 0.1) is 0 Å². The summed E-state index contributed by atoms with van der Waals surface area (Å²) in [6, 6.07) is 1.73. The topological polar surface area (TPSA) is 60.2 Å². The average molecular weight is 153 g/mol. The molecule has 0 aromatic carbocycles. The number of hydrogen-bond acceptors (Lipinski definition) is 4. The maximum atomic E-state index is 5.03. The zero-order chi connectivity index (χ0) is 8.10. The fourth-order valence-corrected chi connectivity index (χ4v) is 0.853. The van der Waals surface area contributed by atoms with E-state index >= 15 is 0 Å². The van der Waals surface area contributed by atoms with Crippen molar-refractivity contribution in [3.05, 3.63) is 24.0 Å². The fourth-order valence-electron chi connectivity index (χ4n) is 0.853. The normalized spacial score (nSPS) is 9.64. The molecule has 0 radical (unpaired) electrons. The van der Waals surface area contributed by atoms with Gasteiger partial charge < -0.3 is 10.2 Å². The van der Waals surface area contributed by atoms with Gasteiger partial charge in [-0.05, 0) is 7.05 Å². The number of nitrogens with one attached hydrogen (secondary N) is 1. The standard InChI is InChI=1S/C7H11N3O/c1-9-4-6-5-10-3-2-7(6)11-8/h2-3,5,9H,4,8H2,1H3. The van der Waals surface area contributed by atoms with E-state index in [2.05, 4.69) is 15.1 Å². The molecular weight excluding hydrogens is 142 g/mol. The van der Waals surface area contributed by atoms with Gasteiger partial charge in [0.1, 0.15) is 0 Å². The molecule has 60 valence electrons. The van der Waals surface area contributed by atoms with Crippen LogP contribution >= 0.6 is 0 Å². The van der Waals surface area contributed by atoms with E-state index in [-0.39, 0.29) is 0 Å². The SMILES string of the molecule is CNCc1cnccc1ON. The first-order valence-electron chi connectivity index (χ1n) is 3.32. The molecule has 0 saturated carbocycles. The molecule has 0 aliphatic rings. The van der Waals surface area contributed by atoms with E-state index in [1.807, 2.05) is 7.05 Å². The first-order valence-corrected chi connectivity index (χ1v) is 3.32. The second-order valence-electron chi connectivity index (χ2n) is 2.13. The average Bonchev–Trinajstić information content (AvgIpc) is 2.06. The summed E-state index contributed by atoms with van der Waals surface area (Å²) in [5, 5.41) is 2.98. The lowest BCUT2D eigenvalue weighted by Crippen LogP contribution is -2.10. The molecule has 1 aromatic rings. The predicted molar refractivity (Wildman–Crippen MR) is 41.8 cm³/mol. The third-order valence-electron chi connectivity index (χ3n) is 1.35. The first kappa shape index (κ1) is 7.97. The number of pyridine rings is 1. The van der Waals surface area contributed by atoms with Gasteiger partial charge in [-0.15, -0.1) is 0 Å². The molecule has 1 heterocycles. The zero-order valence-electron chi connectivity index (χ0n) is 6.37. The van der Waals surface area contributed by atoms with E-state index in [0.717, 1.165) is 5.56 Å². The number of hydrogen-bond donors (Lipinski definition) is 2. The lowest BCUT2D eigenvalue weighted by Gasteiger charge is -2.04. The molecule has 0 fully saturated rings. The molecule has 4 heteroatoms. The van der Waals surface area contributed by atoms with Crippen molar-refractivity contribution in [1.29, 1.82) is 0 Å². The second-order valence-corrected chi connectivity index (χ2v) is 2.13. The molecule has 0 spiro atoms. The van der Waals surface area contributed by atoms with Gasteiger partial charge in [0.25, 0.3) is 0 Å². The van der Waals surface area contributed by atoms with E-state index in [4.69, 9.17) is 5.90 Å². The largest absolute Gasteiger partial charge is 0.411 e. The number of rotatable bonds is 3. The van der Waals surface area contributed by atoms with Crippen molar-refractivity contribution in [2.24, 2.45) is 5.90 Å². The van der Waals surface area contributed by atoms with Crippen LogP contribution in [0.25, 0.3) is 0 Å². The Labute approximate surface area is 65.3 Å². The Bertz CT molecular complexity index is 227. The van der Waals surface area contributed by atoms with Gasteiger partial charge >= 0.3 is 0 Å². The van der Waals surface area contributed by atoms with E-state index < -0.39 is 0 Å². The minimum absolute atomic E-state index is 0.661. The minimum atomic E-state index is 0.661. The molecule has 1 rings (SSSR count). The Morgan fingerprint density at radius 3 is 3.18 bits per heavy atom. The highest BCUT2D eigenvalue weighted by Gasteiger charge is 1.99. The van der Waals surface area contributed by atoms with Crippen molar-refractivity contribution in [3.63, 3.8) is 0 Å². The molecule has 0 aliphatic heterocycles. The Balaban J connectivity index is 2.83. The van der Waals surface area contributed by atoms with Crippen molar-refractivity contribution >= 4 is 0 Å². The van der Waals surface area contributed by atoms with Crippen LogP contribution in [-0.2, 0) is 6.54 Å². The fraction of sp³-hybridized carbons (Fsp3) is 0.286. The predicted octanol–water partition coefficient (Wildman–Crippen LogP) is 0.0535. The van der Waals surface area contributed by atoms with Crippen molar-refractivity contribution in [2.75, 3.05) is 7.05 Å². The smallest absolute Gasteiger partial charge is 0.154 e. The number of nitrogens with two attached hydrogens (primary N) is 1. The van der Waals surface area contributed by atoms with Crippen LogP contribution in [0, 0.1) is 0 Å². The Hall–Kier alpha value is -1.13. The van der Waals surface area contributed by atoms with E-state index in [9.17, 15) is 0 Å². The minimum Gasteiger partial charge on any atom is -0.411 e. The molecule has 0 unspecified atom stereocenters. The quantitative estimate of drug-likeness (QED) is 0.602. The molecule has 11 heavy (non-hydrogen) atoms. The maximum Gasteiger partial charge on any atom is 0.154 e. The monoisotopic (exact) mass is 153 g/mol. The van der Waals surface area contributed by atoms with Crippen LogP contribution in [0.1, 0.15) is 5.56 Å². The van der Waals surface area contributed by atoms with Crippen molar-refractivity contribution in [3.8, 4) is 5.75 Å².